The number of aryl methyl sites for hydroxylation is 1. The topological polar surface area (TPSA) is 71.4 Å². The monoisotopic (exact) mass is 603 g/mol. The summed E-state index contributed by atoms with van der Waals surface area (Å²) in [4.78, 5) is 18.9. The molecule has 3 heterocycles. The molecule has 0 saturated carbocycles. The molecule has 9 heteroatoms. The number of thiocarbonyl (C=S) groups is 1. The minimum atomic E-state index is -0.185. The Morgan fingerprint density at radius 1 is 1.13 bits per heavy atom. The van der Waals surface area contributed by atoms with Crippen LogP contribution in [0.25, 0.3) is 5.69 Å². The quantitative estimate of drug-likeness (QED) is 0.227. The SMILES string of the molecule is CCC(=O)Nc1ccc(N2C(=S)N[C@@H](c3ccccn3)[C@@H]2c2cc(C)n(-c3ccccc3Br)c2C)cc1OC. The van der Waals surface area contributed by atoms with E-state index in [0.717, 1.165) is 38.5 Å². The lowest BCUT2D eigenvalue weighted by Gasteiger charge is -2.29. The van der Waals surface area contributed by atoms with E-state index in [0.29, 0.717) is 23.0 Å². The Morgan fingerprint density at radius 3 is 2.59 bits per heavy atom. The fourth-order valence-corrected chi connectivity index (χ4v) is 6.02. The molecule has 0 unspecified atom stereocenters. The van der Waals surface area contributed by atoms with Gasteiger partial charge in [-0.05, 0) is 90.0 Å². The van der Waals surface area contributed by atoms with Crippen molar-refractivity contribution in [1.82, 2.24) is 14.9 Å². The van der Waals surface area contributed by atoms with Crippen LogP contribution < -0.4 is 20.3 Å². The molecule has 5 rings (SSSR count). The zero-order valence-corrected chi connectivity index (χ0v) is 24.6. The van der Waals surface area contributed by atoms with Crippen molar-refractivity contribution < 1.29 is 9.53 Å². The maximum absolute atomic E-state index is 12.1. The third-order valence-electron chi connectivity index (χ3n) is 7.04. The molecule has 1 aliphatic heterocycles. The van der Waals surface area contributed by atoms with E-state index < -0.39 is 0 Å². The first-order valence-corrected chi connectivity index (χ1v) is 14.0. The molecule has 4 aromatic rings. The Labute approximate surface area is 242 Å². The third-order valence-corrected chi connectivity index (χ3v) is 8.02. The third kappa shape index (κ3) is 5.04. The average molecular weight is 605 g/mol. The van der Waals surface area contributed by atoms with Crippen LogP contribution in [0.2, 0.25) is 0 Å². The van der Waals surface area contributed by atoms with Crippen molar-refractivity contribution in [3.8, 4) is 11.4 Å². The molecule has 1 fully saturated rings. The molecule has 0 aliphatic carbocycles. The second kappa shape index (κ2) is 11.2. The number of para-hydroxylation sites is 1. The first-order chi connectivity index (χ1) is 18.8. The maximum atomic E-state index is 12.1. The lowest BCUT2D eigenvalue weighted by molar-refractivity contribution is -0.115. The molecule has 2 N–H and O–H groups in total. The Kier molecular flexibility index (Phi) is 7.72. The van der Waals surface area contributed by atoms with Crippen LogP contribution >= 0.6 is 28.1 Å². The van der Waals surface area contributed by atoms with E-state index in [1.165, 1.54) is 0 Å². The van der Waals surface area contributed by atoms with Crippen molar-refractivity contribution in [2.45, 2.75) is 39.3 Å². The standard InChI is InChI=1S/C30H30BrN5O2S/c1-5-27(37)33-23-14-13-20(17-26(23)38-4)36-29(28(34-30(36)39)24-11-8-9-15-32-24)21-16-18(2)35(19(21)3)25-12-7-6-10-22(25)31/h6-17,28-29H,5H2,1-4H3,(H,33,37)(H,34,39)/t28-,29-/m0/s1. The molecule has 2 aromatic carbocycles. The molecular weight excluding hydrogens is 574 g/mol. The summed E-state index contributed by atoms with van der Waals surface area (Å²) in [5, 5.41) is 7.04. The second-order valence-corrected chi connectivity index (χ2v) is 10.6. The average Bonchev–Trinajstić information content (AvgIpc) is 3.44. The number of methoxy groups -OCH3 is 1. The fraction of sp³-hybridized carbons (Fsp3) is 0.233. The number of anilines is 2. The minimum absolute atomic E-state index is 0.0768. The largest absolute Gasteiger partial charge is 0.494 e. The summed E-state index contributed by atoms with van der Waals surface area (Å²) in [5.74, 6) is 0.489. The van der Waals surface area contributed by atoms with Crippen LogP contribution in [0.4, 0.5) is 11.4 Å². The van der Waals surface area contributed by atoms with Gasteiger partial charge in [0, 0.05) is 40.2 Å². The van der Waals surface area contributed by atoms with Gasteiger partial charge in [0.1, 0.15) is 5.75 Å². The number of pyridine rings is 1. The van der Waals surface area contributed by atoms with Gasteiger partial charge < -0.3 is 24.8 Å². The Morgan fingerprint density at radius 2 is 1.90 bits per heavy atom. The number of halogens is 1. The van der Waals surface area contributed by atoms with Crippen LogP contribution in [0.5, 0.6) is 5.75 Å². The zero-order chi connectivity index (χ0) is 27.7. The summed E-state index contributed by atoms with van der Waals surface area (Å²) in [7, 11) is 1.60. The van der Waals surface area contributed by atoms with Gasteiger partial charge in [0.25, 0.3) is 0 Å². The summed E-state index contributed by atoms with van der Waals surface area (Å²) in [6.07, 6.45) is 2.18. The molecule has 0 radical (unpaired) electrons. The molecule has 39 heavy (non-hydrogen) atoms. The molecule has 0 spiro atoms. The highest BCUT2D eigenvalue weighted by Gasteiger charge is 2.42. The Balaban J connectivity index is 1.66. The van der Waals surface area contributed by atoms with Crippen molar-refractivity contribution >= 4 is 50.5 Å². The van der Waals surface area contributed by atoms with Crippen molar-refractivity contribution in [3.63, 3.8) is 0 Å². The molecule has 1 amide bonds. The fourth-order valence-electron chi connectivity index (χ4n) is 5.21. The van der Waals surface area contributed by atoms with Crippen LogP contribution in [0.15, 0.2) is 77.4 Å². The van der Waals surface area contributed by atoms with Crippen molar-refractivity contribution in [1.29, 1.82) is 0 Å². The predicted molar refractivity (Wildman–Crippen MR) is 163 cm³/mol. The predicted octanol–water partition coefficient (Wildman–Crippen LogP) is 6.79. The number of rotatable bonds is 7. The molecule has 0 bridgehead atoms. The van der Waals surface area contributed by atoms with Gasteiger partial charge in [0.05, 0.1) is 36.3 Å². The van der Waals surface area contributed by atoms with Crippen LogP contribution in [0, 0.1) is 13.8 Å². The Hall–Kier alpha value is -3.69. The maximum Gasteiger partial charge on any atom is 0.224 e. The first kappa shape index (κ1) is 26.9. The summed E-state index contributed by atoms with van der Waals surface area (Å²) in [6, 6.07) is 21.7. The number of carbonyl (C=O) groups excluding carboxylic acids is 1. The first-order valence-electron chi connectivity index (χ1n) is 12.8. The highest BCUT2D eigenvalue weighted by atomic mass is 79.9. The lowest BCUT2D eigenvalue weighted by Crippen LogP contribution is -2.29. The summed E-state index contributed by atoms with van der Waals surface area (Å²) in [6.45, 7) is 6.07. The molecule has 2 atom stereocenters. The van der Waals surface area contributed by atoms with Gasteiger partial charge in [0.15, 0.2) is 5.11 Å². The van der Waals surface area contributed by atoms with Gasteiger partial charge in [-0.25, -0.2) is 0 Å². The van der Waals surface area contributed by atoms with Gasteiger partial charge in [-0.1, -0.05) is 25.1 Å². The number of ether oxygens (including phenoxy) is 1. The second-order valence-electron chi connectivity index (χ2n) is 9.40. The zero-order valence-electron chi connectivity index (χ0n) is 22.2. The van der Waals surface area contributed by atoms with Gasteiger partial charge >= 0.3 is 0 Å². The van der Waals surface area contributed by atoms with E-state index >= 15 is 0 Å². The number of aromatic nitrogens is 2. The Bertz CT molecular complexity index is 1540. The molecule has 1 saturated heterocycles. The van der Waals surface area contributed by atoms with E-state index in [2.05, 4.69) is 67.0 Å². The molecule has 200 valence electrons. The summed E-state index contributed by atoms with van der Waals surface area (Å²) >= 11 is 9.66. The van der Waals surface area contributed by atoms with Gasteiger partial charge in [-0.3, -0.25) is 9.78 Å². The van der Waals surface area contributed by atoms with E-state index in [9.17, 15) is 4.79 Å². The van der Waals surface area contributed by atoms with Crippen molar-refractivity contribution in [2.75, 3.05) is 17.3 Å². The highest BCUT2D eigenvalue weighted by Crippen LogP contribution is 2.45. The van der Waals surface area contributed by atoms with E-state index in [1.807, 2.05) is 61.5 Å². The molecular formula is C30H30BrN5O2S. The lowest BCUT2D eigenvalue weighted by atomic mass is 9.96. The van der Waals surface area contributed by atoms with Crippen LogP contribution in [-0.4, -0.2) is 27.7 Å². The van der Waals surface area contributed by atoms with E-state index in [1.54, 1.807) is 13.3 Å². The van der Waals surface area contributed by atoms with Gasteiger partial charge in [-0.15, -0.1) is 0 Å². The highest BCUT2D eigenvalue weighted by molar-refractivity contribution is 9.10. The van der Waals surface area contributed by atoms with Crippen molar-refractivity contribution in [3.05, 3.63) is 100 Å². The van der Waals surface area contributed by atoms with E-state index in [4.69, 9.17) is 17.0 Å². The molecule has 7 nitrogen and oxygen atoms in total. The normalized spacial score (nSPS) is 16.7. The number of hydrogen-bond acceptors (Lipinski definition) is 4. The van der Waals surface area contributed by atoms with E-state index in [-0.39, 0.29) is 18.0 Å². The van der Waals surface area contributed by atoms with Gasteiger partial charge in [0.2, 0.25) is 5.91 Å². The van der Waals surface area contributed by atoms with Crippen LogP contribution in [0.3, 0.4) is 0 Å². The minimum Gasteiger partial charge on any atom is -0.494 e. The van der Waals surface area contributed by atoms with Crippen LogP contribution in [-0.2, 0) is 4.79 Å². The van der Waals surface area contributed by atoms with Crippen LogP contribution in [0.1, 0.15) is 48.1 Å². The number of amides is 1. The summed E-state index contributed by atoms with van der Waals surface area (Å²) in [5.41, 5.74) is 6.81. The number of nitrogens with one attached hydrogen (secondary N) is 2. The number of benzene rings is 2. The number of carbonyl (C=O) groups is 1. The molecule has 1 aliphatic rings. The van der Waals surface area contributed by atoms with Gasteiger partial charge in [-0.2, -0.15) is 0 Å². The number of hydrogen-bond donors (Lipinski definition) is 2. The molecule has 2 aromatic heterocycles. The number of nitrogens with zero attached hydrogens (tertiary/aromatic N) is 3. The smallest absolute Gasteiger partial charge is 0.224 e. The summed E-state index contributed by atoms with van der Waals surface area (Å²) < 4.78 is 8.95. The van der Waals surface area contributed by atoms with Crippen molar-refractivity contribution in [2.24, 2.45) is 0 Å².